The van der Waals surface area contributed by atoms with Crippen molar-refractivity contribution in [3.63, 3.8) is 0 Å². The van der Waals surface area contributed by atoms with Crippen LogP contribution in [0.4, 0.5) is 30.7 Å². The van der Waals surface area contributed by atoms with Crippen LogP contribution in [0, 0.1) is 5.82 Å². The first kappa shape index (κ1) is 17.1. The number of halogens is 7. The van der Waals surface area contributed by atoms with Crippen LogP contribution >= 0.6 is 0 Å². The van der Waals surface area contributed by atoms with Crippen LogP contribution < -0.4 is 16.8 Å². The highest BCUT2D eigenvalue weighted by molar-refractivity contribution is 5.81. The molecule has 2 rings (SSSR count). The monoisotopic (exact) mass is 342 g/mol. The van der Waals surface area contributed by atoms with E-state index in [0.29, 0.717) is 18.3 Å². The molecule has 0 bridgehead atoms. The second-order valence-corrected chi connectivity index (χ2v) is 4.63. The standard InChI is InChI=1S/C12H9F7N4/c13-8-5(2-1-3-6(8)11(14,15)16)10(21)7(12(17,18)19)4-22-9(20)23-10/h1-4H,21H2,(H3,20,22,23). The number of hydrogen-bond acceptors (Lipinski definition) is 4. The Bertz CT molecular complexity index is 690. The maximum absolute atomic E-state index is 14.2. The Labute approximate surface area is 124 Å². The van der Waals surface area contributed by atoms with Gasteiger partial charge in [0.1, 0.15) is 5.82 Å². The van der Waals surface area contributed by atoms with Crippen molar-refractivity contribution in [2.75, 3.05) is 0 Å². The molecule has 1 aromatic rings. The molecule has 1 aliphatic rings. The number of guanidine groups is 1. The molecule has 5 N–H and O–H groups in total. The molecule has 0 saturated carbocycles. The summed E-state index contributed by atoms with van der Waals surface area (Å²) >= 11 is 0. The van der Waals surface area contributed by atoms with E-state index >= 15 is 0 Å². The van der Waals surface area contributed by atoms with Crippen LogP contribution in [-0.4, -0.2) is 12.1 Å². The lowest BCUT2D eigenvalue weighted by molar-refractivity contribution is -0.140. The second-order valence-electron chi connectivity index (χ2n) is 4.63. The van der Waals surface area contributed by atoms with Crippen molar-refractivity contribution in [3.05, 3.63) is 46.9 Å². The third-order valence-electron chi connectivity index (χ3n) is 3.09. The summed E-state index contributed by atoms with van der Waals surface area (Å²) in [5, 5.41) is 1.95. The second kappa shape index (κ2) is 5.11. The Balaban J connectivity index is 2.72. The summed E-state index contributed by atoms with van der Waals surface area (Å²) in [5.41, 5.74) is 3.36. The van der Waals surface area contributed by atoms with Crippen LogP contribution in [0.25, 0.3) is 0 Å². The molecule has 1 atom stereocenters. The lowest BCUT2D eigenvalue weighted by atomic mass is 9.89. The number of nitrogens with zero attached hydrogens (tertiary/aromatic N) is 1. The zero-order valence-corrected chi connectivity index (χ0v) is 11.1. The molecule has 0 fully saturated rings. The van der Waals surface area contributed by atoms with Crippen LogP contribution in [0.2, 0.25) is 0 Å². The molecule has 11 heteroatoms. The van der Waals surface area contributed by atoms with Gasteiger partial charge in [-0.2, -0.15) is 26.3 Å². The van der Waals surface area contributed by atoms with Crippen molar-refractivity contribution in [1.82, 2.24) is 5.32 Å². The molecule has 23 heavy (non-hydrogen) atoms. The van der Waals surface area contributed by atoms with E-state index in [9.17, 15) is 30.7 Å². The van der Waals surface area contributed by atoms with E-state index in [4.69, 9.17) is 11.5 Å². The maximum Gasteiger partial charge on any atom is 0.419 e. The van der Waals surface area contributed by atoms with E-state index < -0.39 is 46.5 Å². The van der Waals surface area contributed by atoms with Crippen LogP contribution in [0.1, 0.15) is 11.1 Å². The molecule has 0 spiro atoms. The minimum Gasteiger partial charge on any atom is -0.370 e. The fraction of sp³-hybridized carbons (Fsp3) is 0.250. The molecule has 1 aromatic carbocycles. The summed E-state index contributed by atoms with van der Waals surface area (Å²) in [6.07, 6.45) is -9.85. The Hall–Kier alpha value is -2.30. The summed E-state index contributed by atoms with van der Waals surface area (Å²) in [6.45, 7) is 0. The van der Waals surface area contributed by atoms with Crippen molar-refractivity contribution in [2.24, 2.45) is 16.5 Å². The summed E-state index contributed by atoms with van der Waals surface area (Å²) in [5.74, 6) is -2.55. The van der Waals surface area contributed by atoms with Gasteiger partial charge in [0.25, 0.3) is 0 Å². The number of aliphatic imine (C=N–C) groups is 1. The topological polar surface area (TPSA) is 76.4 Å². The minimum atomic E-state index is -5.11. The van der Waals surface area contributed by atoms with Gasteiger partial charge < -0.3 is 11.1 Å². The van der Waals surface area contributed by atoms with Gasteiger partial charge >= 0.3 is 12.4 Å². The molecule has 0 saturated heterocycles. The maximum atomic E-state index is 14.2. The summed E-state index contributed by atoms with van der Waals surface area (Å²) in [7, 11) is 0. The number of nitrogens with one attached hydrogen (secondary N) is 1. The van der Waals surface area contributed by atoms with E-state index in [-0.39, 0.29) is 0 Å². The third-order valence-corrected chi connectivity index (χ3v) is 3.09. The van der Waals surface area contributed by atoms with Crippen LogP contribution in [0.15, 0.2) is 35.0 Å². The lowest BCUT2D eigenvalue weighted by Crippen LogP contribution is -2.50. The largest absolute Gasteiger partial charge is 0.419 e. The Morgan fingerprint density at radius 3 is 2.17 bits per heavy atom. The van der Waals surface area contributed by atoms with Gasteiger partial charge in [-0.15, -0.1) is 0 Å². The lowest BCUT2D eigenvalue weighted by Gasteiger charge is -2.33. The van der Waals surface area contributed by atoms with Crippen LogP contribution in [0.5, 0.6) is 0 Å². The van der Waals surface area contributed by atoms with E-state index in [1.54, 1.807) is 0 Å². The van der Waals surface area contributed by atoms with E-state index in [2.05, 4.69) is 4.99 Å². The normalized spacial score (nSPS) is 22.3. The first-order valence-electron chi connectivity index (χ1n) is 5.92. The summed E-state index contributed by atoms with van der Waals surface area (Å²) in [6, 6.07) is 1.80. The molecule has 0 aliphatic carbocycles. The Kier molecular flexibility index (Phi) is 3.79. The van der Waals surface area contributed by atoms with Gasteiger partial charge in [-0.05, 0) is 6.07 Å². The zero-order chi connectivity index (χ0) is 17.6. The highest BCUT2D eigenvalue weighted by Crippen LogP contribution is 2.43. The van der Waals surface area contributed by atoms with Crippen molar-refractivity contribution < 1.29 is 30.7 Å². The van der Waals surface area contributed by atoms with Crippen LogP contribution in [-0.2, 0) is 11.8 Å². The van der Waals surface area contributed by atoms with E-state index in [0.717, 1.165) is 6.07 Å². The van der Waals surface area contributed by atoms with Crippen molar-refractivity contribution in [2.45, 2.75) is 18.0 Å². The molecule has 126 valence electrons. The average molecular weight is 342 g/mol. The average Bonchev–Trinajstić information content (AvgIpc) is 2.35. The predicted molar refractivity (Wildman–Crippen MR) is 66.2 cm³/mol. The van der Waals surface area contributed by atoms with Gasteiger partial charge in [-0.3, -0.25) is 5.73 Å². The van der Waals surface area contributed by atoms with Gasteiger partial charge in [0.05, 0.1) is 11.1 Å². The molecule has 0 aromatic heterocycles. The van der Waals surface area contributed by atoms with Gasteiger partial charge in [-0.1, -0.05) is 12.1 Å². The molecular formula is C12H9F7N4. The molecule has 1 heterocycles. The third kappa shape index (κ3) is 2.96. The van der Waals surface area contributed by atoms with Crippen molar-refractivity contribution in [3.8, 4) is 0 Å². The SMILES string of the molecule is NC1=NC(N)(c2cccc(C(F)(F)F)c2F)C(C(F)(F)F)=CN1. The molecule has 0 radical (unpaired) electrons. The first-order valence-corrected chi connectivity index (χ1v) is 5.92. The predicted octanol–water partition coefficient (Wildman–Crippen LogP) is 2.32. The van der Waals surface area contributed by atoms with Crippen molar-refractivity contribution >= 4 is 5.96 Å². The van der Waals surface area contributed by atoms with E-state index in [1.165, 1.54) is 0 Å². The number of benzene rings is 1. The molecule has 0 amide bonds. The molecule has 4 nitrogen and oxygen atoms in total. The first-order chi connectivity index (χ1) is 10.4. The molecule has 1 aliphatic heterocycles. The number of nitrogens with two attached hydrogens (primary N) is 2. The molecular weight excluding hydrogens is 333 g/mol. The number of alkyl halides is 6. The van der Waals surface area contributed by atoms with Gasteiger partial charge in [-0.25, -0.2) is 9.38 Å². The quantitative estimate of drug-likeness (QED) is 0.686. The summed E-state index contributed by atoms with van der Waals surface area (Å²) < 4.78 is 91.6. The van der Waals surface area contributed by atoms with Crippen LogP contribution in [0.3, 0.4) is 0 Å². The fourth-order valence-electron chi connectivity index (χ4n) is 2.09. The van der Waals surface area contributed by atoms with Gasteiger partial charge in [0.15, 0.2) is 11.6 Å². The number of hydrogen-bond donors (Lipinski definition) is 3. The highest BCUT2D eigenvalue weighted by Gasteiger charge is 2.51. The summed E-state index contributed by atoms with van der Waals surface area (Å²) in [4.78, 5) is 3.28. The van der Waals surface area contributed by atoms with Crippen molar-refractivity contribution in [1.29, 1.82) is 0 Å². The highest BCUT2D eigenvalue weighted by atomic mass is 19.4. The number of rotatable bonds is 1. The minimum absolute atomic E-state index is 0.335. The smallest absolute Gasteiger partial charge is 0.370 e. The molecule has 1 unspecified atom stereocenters. The fourth-order valence-corrected chi connectivity index (χ4v) is 2.09. The van der Waals surface area contributed by atoms with Gasteiger partial charge in [0, 0.05) is 11.8 Å². The van der Waals surface area contributed by atoms with E-state index in [1.807, 2.05) is 5.32 Å². The Morgan fingerprint density at radius 1 is 1.04 bits per heavy atom. The Morgan fingerprint density at radius 2 is 1.65 bits per heavy atom. The zero-order valence-electron chi connectivity index (χ0n) is 11.1. The van der Waals surface area contributed by atoms with Gasteiger partial charge in [0.2, 0.25) is 0 Å².